The second-order valence-electron chi connectivity index (χ2n) is 0.247. The second-order valence-corrected chi connectivity index (χ2v) is 0.247. The quantitative estimate of drug-likeness (QED) is 0.563. The van der Waals surface area contributed by atoms with E-state index in [0.717, 1.165) is 0 Å². The van der Waals surface area contributed by atoms with Crippen LogP contribution < -0.4 is 0 Å². The maximum absolute atomic E-state index is 9.67. The van der Waals surface area contributed by atoms with Gasteiger partial charge in [-0.15, -0.1) is 0 Å². The van der Waals surface area contributed by atoms with Gasteiger partial charge in [-0.2, -0.15) is 13.2 Å². The van der Waals surface area contributed by atoms with Gasteiger partial charge in [0.2, 0.25) is 0 Å². The monoisotopic (exact) mass is 210 g/mol. The molecule has 4 heteroatoms. The number of hydrogen-bond acceptors (Lipinski definition) is 0. The molecule has 30 valence electrons. The minimum absolute atomic E-state index is 0. The molecule has 0 heterocycles. The molecule has 0 bridgehead atoms. The Balaban J connectivity index is 0. The molecule has 0 amide bonds. The SMILES string of the molecule is FC(F)F.[Ce]. The molecule has 0 aliphatic carbocycles. The van der Waals surface area contributed by atoms with E-state index in [-0.39, 0.29) is 41.7 Å². The summed E-state index contributed by atoms with van der Waals surface area (Å²) in [6.45, 7) is -3.67. The Morgan fingerprint density at radius 3 is 1.00 bits per heavy atom. The van der Waals surface area contributed by atoms with E-state index in [1.807, 2.05) is 0 Å². The van der Waals surface area contributed by atoms with Crippen molar-refractivity contribution in [2.75, 3.05) is 0 Å². The molecule has 0 atom stereocenters. The first-order valence-electron chi connectivity index (χ1n) is 0.655. The van der Waals surface area contributed by atoms with Crippen molar-refractivity contribution >= 4 is 0 Å². The Hall–Kier alpha value is 1.17. The van der Waals surface area contributed by atoms with E-state index in [1.54, 1.807) is 0 Å². The molecule has 0 N–H and O–H groups in total. The summed E-state index contributed by atoms with van der Waals surface area (Å²) < 4.78 is 29.0. The molecule has 0 nitrogen and oxygen atoms in total. The molecule has 0 rings (SSSR count). The van der Waals surface area contributed by atoms with Gasteiger partial charge in [-0.1, -0.05) is 0 Å². The molecule has 0 radical (unpaired) electrons. The third kappa shape index (κ3) is 38.1. The predicted molar refractivity (Wildman–Crippen MR) is 7.11 cm³/mol. The van der Waals surface area contributed by atoms with Crippen molar-refractivity contribution in [1.82, 2.24) is 0 Å². The Morgan fingerprint density at radius 1 is 1.00 bits per heavy atom. The van der Waals surface area contributed by atoms with E-state index in [0.29, 0.717) is 0 Å². The molecule has 0 aromatic carbocycles. The number of rotatable bonds is 0. The molecule has 0 aromatic rings. The number of hydrogen-bond donors (Lipinski definition) is 0. The van der Waals surface area contributed by atoms with E-state index >= 15 is 0 Å². The first-order valence-corrected chi connectivity index (χ1v) is 0.655. The van der Waals surface area contributed by atoms with E-state index in [1.165, 1.54) is 0 Å². The zero-order chi connectivity index (χ0) is 3.58. The van der Waals surface area contributed by atoms with Crippen molar-refractivity contribution in [2.45, 2.75) is 6.68 Å². The molecule has 0 spiro atoms. The summed E-state index contributed by atoms with van der Waals surface area (Å²) in [7, 11) is 0. The molecule has 0 fully saturated rings. The molecule has 0 saturated carbocycles. The molecule has 0 aromatic heterocycles. The first kappa shape index (κ1) is 9.48. The third-order valence-corrected chi connectivity index (χ3v) is 0. The van der Waals surface area contributed by atoms with Crippen molar-refractivity contribution in [2.24, 2.45) is 0 Å². The van der Waals surface area contributed by atoms with Gasteiger partial charge in [0, 0.05) is 41.7 Å². The maximum atomic E-state index is 9.67. The third-order valence-electron chi connectivity index (χ3n) is 0. The second kappa shape index (κ2) is 5.17. The van der Waals surface area contributed by atoms with Gasteiger partial charge in [0.05, 0.1) is 0 Å². The van der Waals surface area contributed by atoms with Crippen molar-refractivity contribution in [3.8, 4) is 0 Å². The predicted octanol–water partition coefficient (Wildman–Crippen LogP) is 1.18. The van der Waals surface area contributed by atoms with Gasteiger partial charge in [-0.25, -0.2) is 0 Å². The van der Waals surface area contributed by atoms with Crippen LogP contribution in [0.1, 0.15) is 0 Å². The Morgan fingerprint density at radius 2 is 1.00 bits per heavy atom. The summed E-state index contributed by atoms with van der Waals surface area (Å²) in [5.41, 5.74) is 0. The first-order chi connectivity index (χ1) is 1.73. The average molecular weight is 210 g/mol. The Labute approximate surface area is 61.1 Å². The van der Waals surface area contributed by atoms with Gasteiger partial charge >= 0.3 is 6.68 Å². The summed E-state index contributed by atoms with van der Waals surface area (Å²) in [5, 5.41) is 0. The summed E-state index contributed by atoms with van der Waals surface area (Å²) in [5.74, 6) is 0. The van der Waals surface area contributed by atoms with Crippen LogP contribution in [0.5, 0.6) is 0 Å². The summed E-state index contributed by atoms with van der Waals surface area (Å²) >= 11 is 0. The minimum atomic E-state index is -3.67. The van der Waals surface area contributed by atoms with Gasteiger partial charge in [0.1, 0.15) is 0 Å². The van der Waals surface area contributed by atoms with Crippen LogP contribution in [0.2, 0.25) is 0 Å². The standard InChI is InChI=1S/CHF3.Ce/c2-1(3)4;/h1H;. The fourth-order valence-electron chi connectivity index (χ4n) is 0. The fraction of sp³-hybridized carbons (Fsp3) is 1.00. The average Bonchev–Trinajstić information content (AvgIpc) is 0.811. The molecular weight excluding hydrogens is 209 g/mol. The molecule has 0 unspecified atom stereocenters. The molecule has 0 saturated heterocycles. The normalized spacial score (nSPS) is 7.20. The smallest absolute Gasteiger partial charge is 0.174 e. The molecule has 0 aliphatic rings. The summed E-state index contributed by atoms with van der Waals surface area (Å²) in [4.78, 5) is 0. The van der Waals surface area contributed by atoms with Crippen LogP contribution >= 0.6 is 0 Å². The van der Waals surface area contributed by atoms with Crippen molar-refractivity contribution in [3.63, 3.8) is 0 Å². The molecular formula is CHCeF3. The maximum Gasteiger partial charge on any atom is 0.379 e. The van der Waals surface area contributed by atoms with E-state index < -0.39 is 6.68 Å². The van der Waals surface area contributed by atoms with Gasteiger partial charge in [-0.3, -0.25) is 0 Å². The fourth-order valence-corrected chi connectivity index (χ4v) is 0. The van der Waals surface area contributed by atoms with E-state index in [2.05, 4.69) is 0 Å². The van der Waals surface area contributed by atoms with Crippen LogP contribution in [0.4, 0.5) is 13.2 Å². The van der Waals surface area contributed by atoms with Crippen LogP contribution in [0.3, 0.4) is 0 Å². The minimum Gasteiger partial charge on any atom is -0.174 e. The van der Waals surface area contributed by atoms with Crippen LogP contribution in [-0.2, 0) is 0 Å². The van der Waals surface area contributed by atoms with E-state index in [9.17, 15) is 13.2 Å². The topological polar surface area (TPSA) is 0 Å². The van der Waals surface area contributed by atoms with Crippen LogP contribution in [0.25, 0.3) is 0 Å². The summed E-state index contributed by atoms with van der Waals surface area (Å²) in [6, 6.07) is 0. The van der Waals surface area contributed by atoms with Crippen molar-refractivity contribution in [3.05, 3.63) is 0 Å². The Kier molecular flexibility index (Phi) is 9.80. The number of alkyl halides is 3. The summed E-state index contributed by atoms with van der Waals surface area (Å²) in [6.07, 6.45) is 0. The van der Waals surface area contributed by atoms with Crippen LogP contribution in [0, 0.1) is 41.7 Å². The van der Waals surface area contributed by atoms with Gasteiger partial charge in [-0.05, 0) is 0 Å². The Bertz CT molecular complexity index is 11.6. The van der Waals surface area contributed by atoms with E-state index in [4.69, 9.17) is 0 Å². The van der Waals surface area contributed by atoms with Crippen molar-refractivity contribution < 1.29 is 54.9 Å². The van der Waals surface area contributed by atoms with Crippen LogP contribution in [0.15, 0.2) is 0 Å². The number of halogens is 3. The zero-order valence-corrected chi connectivity index (χ0v) is 5.35. The van der Waals surface area contributed by atoms with Crippen molar-refractivity contribution in [1.29, 1.82) is 0 Å². The molecule has 0 aliphatic heterocycles. The van der Waals surface area contributed by atoms with Gasteiger partial charge < -0.3 is 0 Å². The van der Waals surface area contributed by atoms with Crippen LogP contribution in [-0.4, -0.2) is 6.68 Å². The van der Waals surface area contributed by atoms with Gasteiger partial charge in [0.15, 0.2) is 0 Å². The zero-order valence-electron chi connectivity index (χ0n) is 2.21. The largest absolute Gasteiger partial charge is 0.379 e. The molecule has 5 heavy (non-hydrogen) atoms. The van der Waals surface area contributed by atoms with Gasteiger partial charge in [0.25, 0.3) is 0 Å².